The fourth-order valence-corrected chi connectivity index (χ4v) is 3.67. The molecule has 0 atom stereocenters. The highest BCUT2D eigenvalue weighted by Gasteiger charge is 2.55. The number of hydrogen-bond acceptors (Lipinski definition) is 4. The average Bonchev–Trinajstić information content (AvgIpc) is 2.88. The molecule has 2 aliphatic heterocycles. The van der Waals surface area contributed by atoms with Crippen molar-refractivity contribution in [3.63, 3.8) is 0 Å². The second-order valence-corrected chi connectivity index (χ2v) is 6.71. The maximum atomic E-state index is 13.2. The highest BCUT2D eigenvalue weighted by molar-refractivity contribution is 6.06. The first-order chi connectivity index (χ1) is 12.6. The fraction of sp³-hybridized carbons (Fsp3) is 0.381. The molecule has 0 saturated carbocycles. The van der Waals surface area contributed by atoms with Gasteiger partial charge in [-0.15, -0.1) is 0 Å². The number of para-hydroxylation sites is 2. The third-order valence-electron chi connectivity index (χ3n) is 4.95. The Morgan fingerprint density at radius 1 is 1.04 bits per heavy atom. The summed E-state index contributed by atoms with van der Waals surface area (Å²) >= 11 is 0. The number of rotatable bonds is 4. The Bertz CT molecular complexity index is 827. The summed E-state index contributed by atoms with van der Waals surface area (Å²) in [5.74, 6) is -0.610. The molecule has 1 spiro atoms. The molecule has 0 aromatic heterocycles. The van der Waals surface area contributed by atoms with Crippen molar-refractivity contribution in [3.05, 3.63) is 59.2 Å². The number of anilines is 1. The number of carbonyl (C=O) groups excluding carboxylic acids is 1. The van der Waals surface area contributed by atoms with Crippen LogP contribution >= 0.6 is 0 Å². The number of ether oxygens (including phenoxy) is 3. The first kappa shape index (κ1) is 17.1. The maximum absolute atomic E-state index is 13.2. The number of fused-ring (bicyclic) bond motifs is 2. The molecule has 136 valence electrons. The molecule has 2 aromatic rings. The molecule has 1 saturated heterocycles. The second kappa shape index (κ2) is 6.74. The molecule has 2 aliphatic rings. The standard InChI is InChI=1S/C21H23NO4/c1-15-7-3-4-10-18(15)24-14-11-22-19-16(2)8-5-9-17(19)21(20(22)23)25-12-6-13-26-21/h3-5,7-10H,6,11-14H2,1-2H3. The number of amides is 1. The van der Waals surface area contributed by atoms with E-state index in [-0.39, 0.29) is 5.91 Å². The molecule has 5 nitrogen and oxygen atoms in total. The third kappa shape index (κ3) is 2.68. The monoisotopic (exact) mass is 353 g/mol. The van der Waals surface area contributed by atoms with Gasteiger partial charge in [0, 0.05) is 5.56 Å². The SMILES string of the molecule is Cc1ccccc1OCCN1C(=O)C2(OCCCO2)c2cccc(C)c21. The van der Waals surface area contributed by atoms with Crippen LogP contribution in [0.4, 0.5) is 5.69 Å². The summed E-state index contributed by atoms with van der Waals surface area (Å²) in [5.41, 5.74) is 3.79. The zero-order valence-electron chi connectivity index (χ0n) is 15.2. The largest absolute Gasteiger partial charge is 0.491 e. The smallest absolute Gasteiger partial charge is 0.292 e. The summed E-state index contributed by atoms with van der Waals surface area (Å²) in [5, 5.41) is 0. The van der Waals surface area contributed by atoms with Gasteiger partial charge >= 0.3 is 0 Å². The minimum Gasteiger partial charge on any atom is -0.491 e. The van der Waals surface area contributed by atoms with Crippen molar-refractivity contribution in [3.8, 4) is 5.75 Å². The van der Waals surface area contributed by atoms with Gasteiger partial charge in [0.25, 0.3) is 11.7 Å². The third-order valence-corrected chi connectivity index (χ3v) is 4.95. The number of hydrogen-bond donors (Lipinski definition) is 0. The molecule has 0 aliphatic carbocycles. The Kier molecular flexibility index (Phi) is 4.42. The molecule has 26 heavy (non-hydrogen) atoms. The highest BCUT2D eigenvalue weighted by Crippen LogP contribution is 2.46. The predicted molar refractivity (Wildman–Crippen MR) is 98.4 cm³/mol. The van der Waals surface area contributed by atoms with Crippen LogP contribution in [-0.2, 0) is 20.1 Å². The second-order valence-electron chi connectivity index (χ2n) is 6.71. The van der Waals surface area contributed by atoms with E-state index in [9.17, 15) is 4.79 Å². The first-order valence-corrected chi connectivity index (χ1v) is 9.02. The Morgan fingerprint density at radius 2 is 1.77 bits per heavy atom. The lowest BCUT2D eigenvalue weighted by Crippen LogP contribution is -2.48. The van der Waals surface area contributed by atoms with E-state index in [1.807, 2.05) is 56.3 Å². The number of aryl methyl sites for hydroxylation is 2. The van der Waals surface area contributed by atoms with Gasteiger partial charge in [0.1, 0.15) is 12.4 Å². The molecule has 1 amide bonds. The van der Waals surface area contributed by atoms with Crippen LogP contribution in [0.2, 0.25) is 0 Å². The molecule has 0 radical (unpaired) electrons. The van der Waals surface area contributed by atoms with Crippen LogP contribution in [0.15, 0.2) is 42.5 Å². The van der Waals surface area contributed by atoms with Crippen LogP contribution in [0.25, 0.3) is 0 Å². The van der Waals surface area contributed by atoms with E-state index in [2.05, 4.69) is 0 Å². The maximum Gasteiger partial charge on any atom is 0.292 e. The van der Waals surface area contributed by atoms with Gasteiger partial charge < -0.3 is 19.1 Å². The summed E-state index contributed by atoms with van der Waals surface area (Å²) in [6.45, 7) is 5.90. The van der Waals surface area contributed by atoms with E-state index in [1.165, 1.54) is 0 Å². The van der Waals surface area contributed by atoms with Crippen LogP contribution in [0.1, 0.15) is 23.1 Å². The van der Waals surface area contributed by atoms with Crippen LogP contribution in [0.3, 0.4) is 0 Å². The highest BCUT2D eigenvalue weighted by atomic mass is 16.7. The molecular formula is C21H23NO4. The van der Waals surface area contributed by atoms with Gasteiger partial charge in [-0.25, -0.2) is 0 Å². The minimum atomic E-state index is -1.29. The van der Waals surface area contributed by atoms with E-state index >= 15 is 0 Å². The van der Waals surface area contributed by atoms with E-state index in [1.54, 1.807) is 4.90 Å². The van der Waals surface area contributed by atoms with Crippen LogP contribution < -0.4 is 9.64 Å². The van der Waals surface area contributed by atoms with Gasteiger partial charge in [-0.05, 0) is 37.5 Å². The van der Waals surface area contributed by atoms with Crippen molar-refractivity contribution in [1.82, 2.24) is 0 Å². The lowest BCUT2D eigenvalue weighted by Gasteiger charge is -2.32. The Morgan fingerprint density at radius 3 is 2.54 bits per heavy atom. The summed E-state index contributed by atoms with van der Waals surface area (Å²) in [6, 6.07) is 13.7. The molecule has 2 aromatic carbocycles. The first-order valence-electron chi connectivity index (χ1n) is 9.02. The summed E-state index contributed by atoms with van der Waals surface area (Å²) in [4.78, 5) is 15.0. The van der Waals surface area contributed by atoms with Crippen molar-refractivity contribution in [2.24, 2.45) is 0 Å². The molecule has 2 heterocycles. The number of nitrogens with zero attached hydrogens (tertiary/aromatic N) is 1. The predicted octanol–water partition coefficient (Wildman–Crippen LogP) is 3.32. The Balaban J connectivity index is 1.59. The van der Waals surface area contributed by atoms with Gasteiger partial charge in [0.15, 0.2) is 0 Å². The van der Waals surface area contributed by atoms with Gasteiger partial charge in [0.05, 0.1) is 25.4 Å². The van der Waals surface area contributed by atoms with Crippen molar-refractivity contribution in [1.29, 1.82) is 0 Å². The van der Waals surface area contributed by atoms with Crippen molar-refractivity contribution in [2.45, 2.75) is 26.1 Å². The average molecular weight is 353 g/mol. The zero-order valence-corrected chi connectivity index (χ0v) is 15.2. The summed E-state index contributed by atoms with van der Waals surface area (Å²) in [6.07, 6.45) is 0.798. The summed E-state index contributed by atoms with van der Waals surface area (Å²) < 4.78 is 17.7. The van der Waals surface area contributed by atoms with E-state index in [4.69, 9.17) is 14.2 Å². The number of carbonyl (C=O) groups is 1. The number of benzene rings is 2. The van der Waals surface area contributed by atoms with Gasteiger partial charge in [-0.2, -0.15) is 0 Å². The van der Waals surface area contributed by atoms with Crippen LogP contribution in [-0.4, -0.2) is 32.3 Å². The van der Waals surface area contributed by atoms with E-state index in [0.717, 1.165) is 34.5 Å². The quantitative estimate of drug-likeness (QED) is 0.846. The minimum absolute atomic E-state index is 0.158. The van der Waals surface area contributed by atoms with Gasteiger partial charge in [0.2, 0.25) is 0 Å². The van der Waals surface area contributed by atoms with Crippen molar-refractivity contribution < 1.29 is 19.0 Å². The van der Waals surface area contributed by atoms with Crippen molar-refractivity contribution >= 4 is 11.6 Å². The van der Waals surface area contributed by atoms with Gasteiger partial charge in [-0.3, -0.25) is 4.79 Å². The molecule has 1 fully saturated rings. The molecule has 0 unspecified atom stereocenters. The normalized spacial score (nSPS) is 18.2. The van der Waals surface area contributed by atoms with Crippen LogP contribution in [0.5, 0.6) is 5.75 Å². The molecule has 5 heteroatoms. The zero-order chi connectivity index (χ0) is 18.1. The lowest BCUT2D eigenvalue weighted by molar-refractivity contribution is -0.256. The van der Waals surface area contributed by atoms with Crippen molar-refractivity contribution in [2.75, 3.05) is 31.3 Å². The molecule has 4 rings (SSSR count). The molecular weight excluding hydrogens is 330 g/mol. The molecule has 0 N–H and O–H groups in total. The van der Waals surface area contributed by atoms with E-state index in [0.29, 0.717) is 26.4 Å². The fourth-order valence-electron chi connectivity index (χ4n) is 3.67. The lowest BCUT2D eigenvalue weighted by atomic mass is 10.0. The van der Waals surface area contributed by atoms with E-state index < -0.39 is 5.79 Å². The van der Waals surface area contributed by atoms with Gasteiger partial charge in [-0.1, -0.05) is 36.4 Å². The van der Waals surface area contributed by atoms with Crippen LogP contribution in [0, 0.1) is 13.8 Å². The Hall–Kier alpha value is -2.37. The topological polar surface area (TPSA) is 48.0 Å². The summed E-state index contributed by atoms with van der Waals surface area (Å²) in [7, 11) is 0. The Labute approximate surface area is 153 Å². The molecule has 0 bridgehead atoms.